The van der Waals surface area contributed by atoms with Crippen molar-refractivity contribution in [2.24, 2.45) is 0 Å². The van der Waals surface area contributed by atoms with Gasteiger partial charge in [-0.05, 0) is 31.5 Å². The van der Waals surface area contributed by atoms with E-state index in [1.54, 1.807) is 0 Å². The Kier molecular flexibility index (Phi) is 5.31. The predicted molar refractivity (Wildman–Crippen MR) is 91.5 cm³/mol. The Bertz CT molecular complexity index is 508. The normalized spacial score (nSPS) is 12.4. The highest BCUT2D eigenvalue weighted by Crippen LogP contribution is 2.26. The average molecular weight is 311 g/mol. The van der Waals surface area contributed by atoms with Gasteiger partial charge in [-0.3, -0.25) is 4.68 Å². The number of amides is 1. The van der Waals surface area contributed by atoms with Gasteiger partial charge in [0.15, 0.2) is 0 Å². The van der Waals surface area contributed by atoms with Crippen LogP contribution in [0.4, 0.5) is 4.79 Å². The van der Waals surface area contributed by atoms with Crippen LogP contribution >= 0.6 is 0 Å². The lowest BCUT2D eigenvalue weighted by Crippen LogP contribution is -2.31. The van der Waals surface area contributed by atoms with Gasteiger partial charge in [0.1, 0.15) is 0 Å². The predicted octanol–water partition coefficient (Wildman–Crippen LogP) is 4.42. The largest absolute Gasteiger partial charge is 0.449 e. The Morgan fingerprint density at radius 2 is 1.86 bits per heavy atom. The number of ether oxygens (including phenoxy) is 1. The van der Waals surface area contributed by atoms with Crippen molar-refractivity contribution in [3.05, 3.63) is 23.0 Å². The number of aryl methyl sites for hydroxylation is 1. The third kappa shape index (κ3) is 5.23. The van der Waals surface area contributed by atoms with E-state index in [4.69, 9.17) is 4.74 Å². The number of hydrogen-bond acceptors (Lipinski definition) is 2. The Hall–Kier alpha value is -1.23. The molecule has 120 valence electrons. The van der Waals surface area contributed by atoms with Gasteiger partial charge in [-0.15, -0.1) is 0 Å². The molecule has 0 unspecified atom stereocenters. The van der Waals surface area contributed by atoms with Crippen molar-refractivity contribution >= 4 is 14.2 Å². The Balaban J connectivity index is 2.77. The molecular weight excluding hydrogens is 280 g/mol. The van der Waals surface area contributed by atoms with Gasteiger partial charge in [-0.2, -0.15) is 0 Å². The zero-order chi connectivity index (χ0) is 16.4. The molecule has 0 aliphatic heterocycles. The first-order chi connectivity index (χ1) is 9.42. The number of carbonyl (C=O) groups is 1. The monoisotopic (exact) mass is 310 g/mol. The zero-order valence-electron chi connectivity index (χ0n) is 14.8. The lowest BCUT2D eigenvalue weighted by molar-refractivity contribution is 0.163. The number of nitrogens with one attached hydrogen (secondary N) is 1. The molecular formula is C16H30N2O2Si. The Labute approximate surface area is 129 Å². The molecule has 0 atom stereocenters. The molecule has 0 aliphatic carbocycles. The van der Waals surface area contributed by atoms with Crippen LogP contribution in [0.25, 0.3) is 0 Å². The van der Waals surface area contributed by atoms with E-state index < -0.39 is 8.07 Å². The van der Waals surface area contributed by atoms with E-state index in [-0.39, 0.29) is 11.5 Å². The molecule has 1 rings (SSSR count). The van der Waals surface area contributed by atoms with Crippen LogP contribution in [-0.4, -0.2) is 25.5 Å². The van der Waals surface area contributed by atoms with Crippen LogP contribution in [0.3, 0.4) is 0 Å². The highest BCUT2D eigenvalue weighted by Gasteiger charge is 2.23. The molecule has 1 aromatic rings. The molecule has 0 aromatic carbocycles. The molecule has 0 aliphatic rings. The van der Waals surface area contributed by atoms with Crippen LogP contribution in [0.15, 0.2) is 6.07 Å². The maximum Gasteiger partial charge on any atom is 0.426 e. The van der Waals surface area contributed by atoms with E-state index in [0.717, 1.165) is 17.4 Å². The second kappa shape index (κ2) is 6.26. The molecule has 4 nitrogen and oxygen atoms in total. The smallest absolute Gasteiger partial charge is 0.426 e. The van der Waals surface area contributed by atoms with Crippen LogP contribution in [0.5, 0.6) is 0 Å². The number of aromatic nitrogens is 1. The van der Waals surface area contributed by atoms with E-state index in [1.165, 1.54) is 5.56 Å². The summed E-state index contributed by atoms with van der Waals surface area (Å²) < 4.78 is 7.17. The second-order valence-corrected chi connectivity index (χ2v) is 13.6. The quantitative estimate of drug-likeness (QED) is 0.837. The third-order valence-corrected chi connectivity index (χ3v) is 5.26. The van der Waals surface area contributed by atoms with Crippen molar-refractivity contribution in [1.82, 2.24) is 4.68 Å². The fraction of sp³-hybridized carbons (Fsp3) is 0.688. The van der Waals surface area contributed by atoms with E-state index in [9.17, 15) is 4.79 Å². The van der Waals surface area contributed by atoms with Crippen molar-refractivity contribution in [2.45, 2.75) is 65.7 Å². The molecule has 5 heteroatoms. The molecule has 0 bridgehead atoms. The average Bonchev–Trinajstić information content (AvgIpc) is 2.55. The van der Waals surface area contributed by atoms with Crippen molar-refractivity contribution in [1.29, 1.82) is 0 Å². The molecule has 0 spiro atoms. The van der Waals surface area contributed by atoms with Crippen LogP contribution in [0.1, 0.15) is 37.7 Å². The number of carbonyl (C=O) groups excluding carboxylic acids is 1. The van der Waals surface area contributed by atoms with Gasteiger partial charge < -0.3 is 4.74 Å². The lowest BCUT2D eigenvalue weighted by atomic mass is 9.92. The van der Waals surface area contributed by atoms with Crippen molar-refractivity contribution in [2.75, 3.05) is 12.0 Å². The van der Waals surface area contributed by atoms with Gasteiger partial charge in [0.2, 0.25) is 0 Å². The summed E-state index contributed by atoms with van der Waals surface area (Å²) in [6.07, 6.45) is -0.377. The lowest BCUT2D eigenvalue weighted by Gasteiger charge is -2.23. The Morgan fingerprint density at radius 1 is 1.29 bits per heavy atom. The first-order valence-electron chi connectivity index (χ1n) is 7.55. The van der Waals surface area contributed by atoms with Gasteiger partial charge in [0, 0.05) is 24.9 Å². The maximum absolute atomic E-state index is 12.0. The summed E-state index contributed by atoms with van der Waals surface area (Å²) in [5, 5.41) is 0. The van der Waals surface area contributed by atoms with Crippen LogP contribution in [-0.2, 0) is 10.2 Å². The summed E-state index contributed by atoms with van der Waals surface area (Å²) in [7, 11) is -1.18. The van der Waals surface area contributed by atoms with Crippen LogP contribution < -0.4 is 5.43 Å². The van der Waals surface area contributed by atoms with Crippen molar-refractivity contribution < 1.29 is 9.53 Å². The topological polar surface area (TPSA) is 43.3 Å². The summed E-state index contributed by atoms with van der Waals surface area (Å²) in [6.45, 7) is 17.8. The van der Waals surface area contributed by atoms with E-state index in [1.807, 2.05) is 11.6 Å². The summed E-state index contributed by atoms with van der Waals surface area (Å²) >= 11 is 0. The molecule has 21 heavy (non-hydrogen) atoms. The second-order valence-electron chi connectivity index (χ2n) is 7.94. The summed E-state index contributed by atoms with van der Waals surface area (Å²) in [6, 6.07) is 3.11. The minimum absolute atomic E-state index is 0.0371. The molecule has 0 saturated carbocycles. The number of rotatable bonds is 4. The highest BCUT2D eigenvalue weighted by atomic mass is 28.3. The van der Waals surface area contributed by atoms with Crippen LogP contribution in [0, 0.1) is 13.8 Å². The summed E-state index contributed by atoms with van der Waals surface area (Å²) in [5.41, 5.74) is 6.12. The fourth-order valence-corrected chi connectivity index (χ4v) is 2.72. The zero-order valence-corrected chi connectivity index (χ0v) is 15.8. The summed E-state index contributed by atoms with van der Waals surface area (Å²) in [4.78, 5) is 12.0. The minimum atomic E-state index is -1.18. The SMILES string of the molecule is Cc1cc(C(C)(C)C)n(NC(=O)OCC[Si](C)(C)C)c1C. The van der Waals surface area contributed by atoms with Crippen molar-refractivity contribution in [3.8, 4) is 0 Å². The Morgan fingerprint density at radius 3 is 2.33 bits per heavy atom. The molecule has 1 N–H and O–H groups in total. The van der Waals surface area contributed by atoms with Gasteiger partial charge in [-0.25, -0.2) is 10.2 Å². The van der Waals surface area contributed by atoms with E-state index in [0.29, 0.717) is 6.61 Å². The standard InChI is InChI=1S/C16H30N2O2Si/c1-12-11-14(16(3,4)5)18(13(12)2)17-15(19)20-9-10-21(6,7)8/h11H,9-10H2,1-8H3,(H,17,19). The van der Waals surface area contributed by atoms with Gasteiger partial charge in [0.25, 0.3) is 0 Å². The summed E-state index contributed by atoms with van der Waals surface area (Å²) in [5.74, 6) is 0. The van der Waals surface area contributed by atoms with Gasteiger partial charge >= 0.3 is 6.09 Å². The van der Waals surface area contributed by atoms with Gasteiger partial charge in [0.05, 0.1) is 6.61 Å². The van der Waals surface area contributed by atoms with Crippen LogP contribution in [0.2, 0.25) is 25.7 Å². The molecule has 1 heterocycles. The van der Waals surface area contributed by atoms with E-state index in [2.05, 4.69) is 58.8 Å². The molecule has 0 saturated heterocycles. The van der Waals surface area contributed by atoms with E-state index >= 15 is 0 Å². The number of nitrogens with zero attached hydrogens (tertiary/aromatic N) is 1. The molecule has 0 fully saturated rings. The number of hydrogen-bond donors (Lipinski definition) is 1. The fourth-order valence-electron chi connectivity index (χ4n) is 2.00. The first-order valence-corrected chi connectivity index (χ1v) is 11.3. The van der Waals surface area contributed by atoms with Crippen molar-refractivity contribution in [3.63, 3.8) is 0 Å². The highest BCUT2D eigenvalue weighted by molar-refractivity contribution is 6.76. The maximum atomic E-state index is 12.0. The third-order valence-electron chi connectivity index (χ3n) is 3.56. The molecule has 1 amide bonds. The molecule has 0 radical (unpaired) electrons. The minimum Gasteiger partial charge on any atom is -0.449 e. The van der Waals surface area contributed by atoms with Gasteiger partial charge in [-0.1, -0.05) is 40.4 Å². The molecule has 1 aromatic heterocycles. The first kappa shape index (κ1) is 17.8.